The molecular weight excluding hydrogens is 412 g/mol. The molecule has 0 amide bonds. The number of rotatable bonds is 5. The van der Waals surface area contributed by atoms with Crippen LogP contribution in [0.1, 0.15) is 49.7 Å². The Morgan fingerprint density at radius 2 is 1.84 bits per heavy atom. The predicted octanol–water partition coefficient (Wildman–Crippen LogP) is 3.46. The summed E-state index contributed by atoms with van der Waals surface area (Å²) in [5, 5.41) is 15.2. The van der Waals surface area contributed by atoms with Gasteiger partial charge in [-0.15, -0.1) is 0 Å². The van der Waals surface area contributed by atoms with E-state index in [1.807, 2.05) is 42.0 Å². The summed E-state index contributed by atoms with van der Waals surface area (Å²) in [6.45, 7) is 8.72. The van der Waals surface area contributed by atoms with Crippen molar-refractivity contribution < 1.29 is 19.7 Å². The number of hydrogen-bond donors (Lipinski definition) is 1. The van der Waals surface area contributed by atoms with Gasteiger partial charge in [-0.05, 0) is 45.4 Å². The molecule has 0 saturated carbocycles. The van der Waals surface area contributed by atoms with Crippen molar-refractivity contribution in [1.29, 1.82) is 0 Å². The van der Waals surface area contributed by atoms with Crippen molar-refractivity contribution in [3.05, 3.63) is 58.1 Å². The molecule has 1 aromatic carbocycles. The number of carbonyl (C=O) groups is 1. The minimum atomic E-state index is -1.09. The van der Waals surface area contributed by atoms with Crippen LogP contribution < -0.4 is 15.2 Å². The number of fused-ring (bicyclic) bond motifs is 3. The molecule has 2 aromatic heterocycles. The van der Waals surface area contributed by atoms with Crippen molar-refractivity contribution in [2.24, 2.45) is 0 Å². The van der Waals surface area contributed by atoms with Crippen LogP contribution in [0.25, 0.3) is 22.4 Å². The Balaban J connectivity index is 1.92. The number of nitrogens with zero attached hydrogens (tertiary/aromatic N) is 4. The predicted molar refractivity (Wildman–Crippen MR) is 119 cm³/mol. The molecule has 9 heteroatoms. The van der Waals surface area contributed by atoms with E-state index in [9.17, 15) is 9.59 Å². The highest BCUT2D eigenvalue weighted by Crippen LogP contribution is 2.39. The van der Waals surface area contributed by atoms with Crippen LogP contribution in [-0.2, 0) is 11.4 Å². The minimum Gasteiger partial charge on any atom is -0.496 e. The standard InChI is InChI=1S/C23H26N4O5/c1-13(2)25-10-16(9-24-25)18-6-15-11-26(14(3)4)27-12-19(23(29)32-30)21(28)8-20(27)17(15)7-22(18)31-5/h6-10,12-14,30H,11H2,1-5H3. The quantitative estimate of drug-likeness (QED) is 0.481. The van der Waals surface area contributed by atoms with Crippen molar-refractivity contribution in [3.63, 3.8) is 0 Å². The fraction of sp³-hybridized carbons (Fsp3) is 0.348. The summed E-state index contributed by atoms with van der Waals surface area (Å²) in [7, 11) is 1.61. The fourth-order valence-electron chi connectivity index (χ4n) is 3.97. The molecule has 0 aliphatic carbocycles. The second-order valence-electron chi connectivity index (χ2n) is 8.36. The number of hydrogen-bond acceptors (Lipinski definition) is 7. The summed E-state index contributed by atoms with van der Waals surface area (Å²) in [5.74, 6) is -0.433. The Kier molecular flexibility index (Phi) is 5.52. The smallest absolute Gasteiger partial charge is 0.378 e. The summed E-state index contributed by atoms with van der Waals surface area (Å²) in [6, 6.07) is 5.66. The van der Waals surface area contributed by atoms with E-state index >= 15 is 0 Å². The molecule has 0 spiro atoms. The van der Waals surface area contributed by atoms with E-state index in [2.05, 4.69) is 29.9 Å². The van der Waals surface area contributed by atoms with E-state index in [0.717, 1.165) is 22.3 Å². The molecule has 0 atom stereocenters. The van der Waals surface area contributed by atoms with Gasteiger partial charge in [0.05, 0.1) is 25.5 Å². The molecule has 0 radical (unpaired) electrons. The molecule has 1 aliphatic rings. The van der Waals surface area contributed by atoms with Crippen LogP contribution in [0, 0.1) is 0 Å². The van der Waals surface area contributed by atoms with E-state index in [1.54, 1.807) is 11.8 Å². The summed E-state index contributed by atoms with van der Waals surface area (Å²) in [6.07, 6.45) is 5.22. The number of carbonyl (C=O) groups excluding carboxylic acids is 1. The van der Waals surface area contributed by atoms with E-state index in [-0.39, 0.29) is 17.6 Å². The van der Waals surface area contributed by atoms with Gasteiger partial charge in [0.2, 0.25) is 0 Å². The van der Waals surface area contributed by atoms with E-state index in [4.69, 9.17) is 9.99 Å². The van der Waals surface area contributed by atoms with Gasteiger partial charge in [-0.1, -0.05) is 0 Å². The molecule has 0 unspecified atom stereocenters. The van der Waals surface area contributed by atoms with Gasteiger partial charge >= 0.3 is 5.97 Å². The van der Waals surface area contributed by atoms with E-state index in [0.29, 0.717) is 18.0 Å². The van der Waals surface area contributed by atoms with Crippen molar-refractivity contribution in [3.8, 4) is 28.1 Å². The average molecular weight is 438 g/mol. The molecule has 0 bridgehead atoms. The van der Waals surface area contributed by atoms with Gasteiger partial charge in [-0.2, -0.15) is 10.4 Å². The molecule has 0 fully saturated rings. The lowest BCUT2D eigenvalue weighted by Crippen LogP contribution is -2.44. The number of pyridine rings is 1. The first kappa shape index (κ1) is 21.6. The molecule has 1 aliphatic heterocycles. The van der Waals surface area contributed by atoms with Crippen LogP contribution >= 0.6 is 0 Å². The zero-order valence-electron chi connectivity index (χ0n) is 18.7. The fourth-order valence-corrected chi connectivity index (χ4v) is 3.97. The molecule has 32 heavy (non-hydrogen) atoms. The maximum atomic E-state index is 12.6. The molecule has 3 aromatic rings. The Morgan fingerprint density at radius 1 is 1.09 bits per heavy atom. The lowest BCUT2D eigenvalue weighted by atomic mass is 9.95. The van der Waals surface area contributed by atoms with Crippen LogP contribution in [0.15, 0.2) is 41.6 Å². The minimum absolute atomic E-state index is 0.0663. The number of aromatic nitrogens is 3. The normalized spacial score (nSPS) is 12.7. The monoisotopic (exact) mass is 438 g/mol. The highest BCUT2D eigenvalue weighted by molar-refractivity contribution is 5.89. The van der Waals surface area contributed by atoms with Gasteiger partial charge < -0.3 is 9.75 Å². The van der Waals surface area contributed by atoms with Crippen LogP contribution in [-0.4, -0.2) is 38.8 Å². The lowest BCUT2D eigenvalue weighted by molar-refractivity contribution is -0.183. The highest BCUT2D eigenvalue weighted by atomic mass is 17.1. The molecule has 4 rings (SSSR count). The Morgan fingerprint density at radius 3 is 2.44 bits per heavy atom. The average Bonchev–Trinajstić information content (AvgIpc) is 3.27. The second-order valence-corrected chi connectivity index (χ2v) is 8.36. The summed E-state index contributed by atoms with van der Waals surface area (Å²) in [5.41, 5.74) is 3.56. The number of ether oxygens (including phenoxy) is 1. The maximum Gasteiger partial charge on any atom is 0.378 e. The Bertz CT molecular complexity index is 1240. The Labute approximate surface area is 185 Å². The van der Waals surface area contributed by atoms with Crippen molar-refractivity contribution >= 4 is 5.97 Å². The van der Waals surface area contributed by atoms with Crippen molar-refractivity contribution in [1.82, 2.24) is 14.5 Å². The van der Waals surface area contributed by atoms with Crippen LogP contribution in [0.5, 0.6) is 5.75 Å². The van der Waals surface area contributed by atoms with Gasteiger partial charge in [0.15, 0.2) is 5.43 Å². The first-order valence-corrected chi connectivity index (χ1v) is 10.4. The summed E-state index contributed by atoms with van der Waals surface area (Å²) < 4.78 is 9.34. The zero-order chi connectivity index (χ0) is 23.2. The van der Waals surface area contributed by atoms with Crippen LogP contribution in [0.2, 0.25) is 0 Å². The molecule has 0 saturated heterocycles. The first-order chi connectivity index (χ1) is 15.2. The van der Waals surface area contributed by atoms with Crippen molar-refractivity contribution in [2.75, 3.05) is 12.1 Å². The third-order valence-corrected chi connectivity index (χ3v) is 5.68. The first-order valence-electron chi connectivity index (χ1n) is 10.4. The van der Waals surface area contributed by atoms with E-state index < -0.39 is 11.4 Å². The maximum absolute atomic E-state index is 12.6. The second kappa shape index (κ2) is 8.16. The lowest BCUT2D eigenvalue weighted by Gasteiger charge is -2.38. The van der Waals surface area contributed by atoms with Crippen molar-refractivity contribution in [2.45, 2.75) is 46.3 Å². The third-order valence-electron chi connectivity index (χ3n) is 5.68. The number of benzene rings is 1. The third kappa shape index (κ3) is 3.54. The van der Waals surface area contributed by atoms with Crippen LogP contribution in [0.4, 0.5) is 0 Å². The van der Waals surface area contributed by atoms with Gasteiger partial charge in [0.1, 0.15) is 11.3 Å². The highest BCUT2D eigenvalue weighted by Gasteiger charge is 2.28. The van der Waals surface area contributed by atoms with Gasteiger partial charge in [-0.25, -0.2) is 4.79 Å². The van der Waals surface area contributed by atoms with E-state index in [1.165, 1.54) is 12.3 Å². The molecule has 3 heterocycles. The number of methoxy groups -OCH3 is 1. The molecule has 9 nitrogen and oxygen atoms in total. The van der Waals surface area contributed by atoms with Gasteiger partial charge in [-0.3, -0.25) is 19.0 Å². The molecule has 1 N–H and O–H groups in total. The van der Waals surface area contributed by atoms with Gasteiger partial charge in [0, 0.05) is 47.2 Å². The SMILES string of the molecule is COc1cc2c(cc1-c1cnn(C(C)C)c1)CN(C(C)C)n1cc(C(=O)OO)c(=O)cc1-2. The largest absolute Gasteiger partial charge is 0.496 e. The molecule has 168 valence electrons. The topological polar surface area (TPSA) is 98.8 Å². The zero-order valence-corrected chi connectivity index (χ0v) is 18.7. The molecular formula is C23H26N4O5. The van der Waals surface area contributed by atoms with Crippen LogP contribution in [0.3, 0.4) is 0 Å². The van der Waals surface area contributed by atoms with Gasteiger partial charge in [0.25, 0.3) is 0 Å². The summed E-state index contributed by atoms with van der Waals surface area (Å²) >= 11 is 0. The summed E-state index contributed by atoms with van der Waals surface area (Å²) in [4.78, 5) is 28.3. The Hall–Kier alpha value is -3.59.